The smallest absolute Gasteiger partial charge is 0.397 e. The first-order chi connectivity index (χ1) is 16.0. The Balaban J connectivity index is 0.000000481. The van der Waals surface area contributed by atoms with Gasteiger partial charge in [-0.1, -0.05) is 36.4 Å². The fourth-order valence-electron chi connectivity index (χ4n) is 3.57. The summed E-state index contributed by atoms with van der Waals surface area (Å²) in [6, 6.07) is 18.3. The summed E-state index contributed by atoms with van der Waals surface area (Å²) in [5.41, 5.74) is 10.4. The molecule has 0 heterocycles. The molecule has 0 saturated carbocycles. The quantitative estimate of drug-likeness (QED) is 0.288. The maximum atomic E-state index is 13.1. The third kappa shape index (κ3) is 5.67. The second-order valence-electron chi connectivity index (χ2n) is 7.81. The van der Waals surface area contributed by atoms with Crippen molar-refractivity contribution in [3.63, 3.8) is 0 Å². The van der Waals surface area contributed by atoms with E-state index in [1.807, 2.05) is 38.4 Å². The summed E-state index contributed by atoms with van der Waals surface area (Å²) in [5, 5.41) is 3.28. The molecule has 0 saturated heterocycles. The van der Waals surface area contributed by atoms with Gasteiger partial charge in [0, 0.05) is 29.0 Å². The number of ketones is 2. The van der Waals surface area contributed by atoms with Crippen LogP contribution >= 0.6 is 0 Å². The van der Waals surface area contributed by atoms with Gasteiger partial charge in [-0.05, 0) is 43.9 Å². The van der Waals surface area contributed by atoms with Crippen LogP contribution in [0.4, 0.5) is 17.1 Å². The molecule has 10 heteroatoms. The molecule has 0 fully saturated rings. The Morgan fingerprint density at radius 3 is 1.94 bits per heavy atom. The van der Waals surface area contributed by atoms with Gasteiger partial charge < -0.3 is 16.0 Å². The van der Waals surface area contributed by atoms with Crippen LogP contribution in [0.3, 0.4) is 0 Å². The molecule has 0 atom stereocenters. The van der Waals surface area contributed by atoms with E-state index in [-0.39, 0.29) is 17.1 Å². The fourth-order valence-corrected chi connectivity index (χ4v) is 3.57. The Labute approximate surface area is 198 Å². The Morgan fingerprint density at radius 1 is 0.912 bits per heavy atom. The minimum absolute atomic E-state index is 0.191. The summed E-state index contributed by atoms with van der Waals surface area (Å²) in [6.07, 6.45) is 0. The van der Waals surface area contributed by atoms with E-state index in [2.05, 4.69) is 14.4 Å². The second-order valence-corrected chi connectivity index (χ2v) is 9.00. The number of nitrogens with zero attached hydrogens (tertiary/aromatic N) is 1. The van der Waals surface area contributed by atoms with Crippen LogP contribution in [0.2, 0.25) is 0 Å². The number of nitrogens with one attached hydrogen (secondary N) is 1. The number of nitrogens with two attached hydrogens (primary N) is 1. The van der Waals surface area contributed by atoms with Gasteiger partial charge in [0.05, 0.1) is 23.9 Å². The van der Waals surface area contributed by atoms with Crippen LogP contribution in [-0.2, 0) is 21.1 Å². The normalized spacial score (nSPS) is 12.5. The Hall–Kier alpha value is -3.57. The summed E-state index contributed by atoms with van der Waals surface area (Å²) < 4.78 is 29.7. The van der Waals surface area contributed by atoms with E-state index in [0.29, 0.717) is 28.1 Å². The summed E-state index contributed by atoms with van der Waals surface area (Å²) in [6.45, 7) is 0.849. The van der Waals surface area contributed by atoms with Crippen molar-refractivity contribution in [3.05, 3.63) is 88.5 Å². The molecule has 4 N–H and O–H groups in total. The summed E-state index contributed by atoms with van der Waals surface area (Å²) in [5.74, 6) is -0.406. The van der Waals surface area contributed by atoms with Gasteiger partial charge in [0.1, 0.15) is 0 Å². The van der Waals surface area contributed by atoms with Gasteiger partial charge in [0.2, 0.25) is 0 Å². The number of fused-ring (bicyclic) bond motifs is 2. The highest BCUT2D eigenvalue weighted by molar-refractivity contribution is 7.80. The van der Waals surface area contributed by atoms with E-state index in [4.69, 9.17) is 10.3 Å². The third-order valence-electron chi connectivity index (χ3n) is 5.05. The first-order valence-electron chi connectivity index (χ1n) is 10.2. The molecule has 9 nitrogen and oxygen atoms in total. The van der Waals surface area contributed by atoms with Crippen molar-refractivity contribution in [2.24, 2.45) is 0 Å². The molecule has 0 unspecified atom stereocenters. The summed E-state index contributed by atoms with van der Waals surface area (Å²) >= 11 is 0. The van der Waals surface area contributed by atoms with Gasteiger partial charge in [-0.15, -0.1) is 0 Å². The molecule has 0 spiro atoms. The summed E-state index contributed by atoms with van der Waals surface area (Å²) in [7, 11) is 0.751. The average Bonchev–Trinajstić information content (AvgIpc) is 2.79. The zero-order chi connectivity index (χ0) is 25.0. The van der Waals surface area contributed by atoms with Crippen molar-refractivity contribution >= 4 is 39.0 Å². The highest BCUT2D eigenvalue weighted by Crippen LogP contribution is 2.36. The Morgan fingerprint density at radius 2 is 1.44 bits per heavy atom. The maximum absolute atomic E-state index is 13.1. The molecule has 1 aliphatic carbocycles. The standard InChI is InChI=1S/C23H21N3O2.CH4O4S/c1-26(2)13-14-7-9-15(10-8-14)25-19-12-11-18(24)20-21(19)23(28)17-6-4-3-5-16(17)22(20)27;1-5-6(2,3)4/h3-12,25H,13,24H2,1-2H3;1H3,(H,2,3,4). The Bertz CT molecular complexity index is 1340. The number of anilines is 3. The fraction of sp³-hybridized carbons (Fsp3) is 0.167. The van der Waals surface area contributed by atoms with E-state index >= 15 is 0 Å². The number of rotatable bonds is 5. The van der Waals surface area contributed by atoms with Gasteiger partial charge in [-0.3, -0.25) is 18.3 Å². The number of carbonyl (C=O) groups is 2. The van der Waals surface area contributed by atoms with Gasteiger partial charge >= 0.3 is 10.4 Å². The highest BCUT2D eigenvalue weighted by Gasteiger charge is 2.33. The van der Waals surface area contributed by atoms with Crippen molar-refractivity contribution in [2.45, 2.75) is 6.54 Å². The lowest BCUT2D eigenvalue weighted by molar-refractivity contribution is 0.0980. The minimum Gasteiger partial charge on any atom is -0.398 e. The van der Waals surface area contributed by atoms with Crippen LogP contribution in [0.15, 0.2) is 60.7 Å². The van der Waals surface area contributed by atoms with Gasteiger partial charge in [-0.2, -0.15) is 8.42 Å². The van der Waals surface area contributed by atoms with E-state index in [9.17, 15) is 18.0 Å². The van der Waals surface area contributed by atoms with Crippen molar-refractivity contribution in [3.8, 4) is 0 Å². The van der Waals surface area contributed by atoms with Crippen molar-refractivity contribution in [1.82, 2.24) is 4.90 Å². The topological polar surface area (TPSA) is 139 Å². The molecule has 0 aromatic heterocycles. The lowest BCUT2D eigenvalue weighted by atomic mass is 9.82. The average molecular weight is 484 g/mol. The van der Waals surface area contributed by atoms with Crippen LogP contribution in [0.1, 0.15) is 37.4 Å². The van der Waals surface area contributed by atoms with E-state index in [1.165, 1.54) is 5.56 Å². The van der Waals surface area contributed by atoms with E-state index in [1.54, 1.807) is 36.4 Å². The first-order valence-corrected chi connectivity index (χ1v) is 11.5. The van der Waals surface area contributed by atoms with Crippen LogP contribution in [0.25, 0.3) is 0 Å². The number of nitrogen functional groups attached to an aromatic ring is 1. The molecule has 3 aromatic rings. The third-order valence-corrected chi connectivity index (χ3v) is 5.47. The van der Waals surface area contributed by atoms with E-state index in [0.717, 1.165) is 19.3 Å². The van der Waals surface area contributed by atoms with Crippen molar-refractivity contribution in [1.29, 1.82) is 0 Å². The number of hydrogen-bond donors (Lipinski definition) is 3. The molecule has 0 aliphatic heterocycles. The zero-order valence-electron chi connectivity index (χ0n) is 18.9. The zero-order valence-corrected chi connectivity index (χ0v) is 19.7. The number of carbonyl (C=O) groups excluding carboxylic acids is 2. The predicted molar refractivity (Wildman–Crippen MR) is 130 cm³/mol. The predicted octanol–water partition coefficient (Wildman–Crippen LogP) is 3.29. The van der Waals surface area contributed by atoms with Gasteiger partial charge in [-0.25, -0.2) is 0 Å². The molecule has 0 radical (unpaired) electrons. The molecule has 0 amide bonds. The molecular weight excluding hydrogens is 458 g/mol. The van der Waals surface area contributed by atoms with E-state index < -0.39 is 10.4 Å². The molecule has 3 aromatic carbocycles. The number of benzene rings is 3. The first kappa shape index (κ1) is 25.1. The SMILES string of the molecule is CN(C)Cc1ccc(Nc2ccc(N)c3c2C(=O)c2ccccc2C3=O)cc1.COS(=O)(=O)O. The molecule has 4 rings (SSSR count). The monoisotopic (exact) mass is 483 g/mol. The lowest BCUT2D eigenvalue weighted by Gasteiger charge is -2.22. The van der Waals surface area contributed by atoms with Crippen molar-refractivity contribution < 1.29 is 26.7 Å². The maximum Gasteiger partial charge on any atom is 0.397 e. The number of hydrogen-bond acceptors (Lipinski definition) is 8. The van der Waals surface area contributed by atoms with Crippen LogP contribution in [-0.4, -0.2) is 50.6 Å². The summed E-state index contributed by atoms with van der Waals surface area (Å²) in [4.78, 5) is 28.2. The molecule has 178 valence electrons. The molecule has 34 heavy (non-hydrogen) atoms. The molecule has 0 bridgehead atoms. The van der Waals surface area contributed by atoms with Gasteiger partial charge in [0.25, 0.3) is 0 Å². The van der Waals surface area contributed by atoms with Crippen LogP contribution in [0, 0.1) is 0 Å². The minimum atomic E-state index is -4.16. The molecule has 1 aliphatic rings. The Kier molecular flexibility index (Phi) is 7.48. The highest BCUT2D eigenvalue weighted by atomic mass is 32.3. The lowest BCUT2D eigenvalue weighted by Crippen LogP contribution is -2.23. The van der Waals surface area contributed by atoms with Gasteiger partial charge in [0.15, 0.2) is 11.6 Å². The van der Waals surface area contributed by atoms with Crippen molar-refractivity contribution in [2.75, 3.05) is 32.3 Å². The largest absolute Gasteiger partial charge is 0.398 e. The molecular formula is C24H25N3O6S. The second kappa shape index (κ2) is 10.1. The van der Waals surface area contributed by atoms with Crippen LogP contribution < -0.4 is 11.1 Å². The van der Waals surface area contributed by atoms with Crippen LogP contribution in [0.5, 0.6) is 0 Å².